The van der Waals surface area contributed by atoms with Gasteiger partial charge in [0.05, 0.1) is 19.0 Å². The first-order chi connectivity index (χ1) is 12.7. The Kier molecular flexibility index (Phi) is 5.34. The van der Waals surface area contributed by atoms with Crippen LogP contribution in [0.4, 0.5) is 10.5 Å². The quantitative estimate of drug-likeness (QED) is 0.541. The highest BCUT2D eigenvalue weighted by atomic mass is 16.5. The number of para-hydroxylation sites is 3. The molecule has 3 rings (SSSR count). The van der Waals surface area contributed by atoms with Crippen molar-refractivity contribution >= 4 is 17.9 Å². The number of aryl methyl sites for hydroxylation is 1. The maximum atomic E-state index is 12.0. The summed E-state index contributed by atoms with van der Waals surface area (Å²) in [5, 5.41) is 6.70. The van der Waals surface area contributed by atoms with Crippen LogP contribution in [0.1, 0.15) is 11.3 Å². The van der Waals surface area contributed by atoms with E-state index in [1.165, 1.54) is 0 Å². The second kappa shape index (κ2) is 8.02. The highest BCUT2D eigenvalue weighted by Gasteiger charge is 2.06. The summed E-state index contributed by atoms with van der Waals surface area (Å²) < 4.78 is 7.26. The van der Waals surface area contributed by atoms with E-state index in [1.54, 1.807) is 25.5 Å². The SMILES string of the molecule is COc1ccccc1NC(=O)N/N=C/c1cc(C)n(-c2ccccc2)c1. The molecule has 0 fully saturated rings. The smallest absolute Gasteiger partial charge is 0.339 e. The summed E-state index contributed by atoms with van der Waals surface area (Å²) in [6.45, 7) is 2.02. The summed E-state index contributed by atoms with van der Waals surface area (Å²) in [7, 11) is 1.55. The lowest BCUT2D eigenvalue weighted by atomic mass is 10.3. The van der Waals surface area contributed by atoms with Gasteiger partial charge in [0.2, 0.25) is 0 Å². The Hall–Kier alpha value is -3.54. The van der Waals surface area contributed by atoms with Crippen molar-refractivity contribution in [3.8, 4) is 11.4 Å². The third-order valence-corrected chi connectivity index (χ3v) is 3.80. The third-order valence-electron chi connectivity index (χ3n) is 3.80. The molecule has 6 nitrogen and oxygen atoms in total. The number of nitrogens with zero attached hydrogens (tertiary/aromatic N) is 2. The second-order valence-electron chi connectivity index (χ2n) is 5.64. The number of benzene rings is 2. The van der Waals surface area contributed by atoms with Gasteiger partial charge in [0.15, 0.2) is 0 Å². The number of ether oxygens (including phenoxy) is 1. The number of rotatable bonds is 5. The Bertz CT molecular complexity index is 917. The van der Waals surface area contributed by atoms with Crippen LogP contribution >= 0.6 is 0 Å². The van der Waals surface area contributed by atoms with Gasteiger partial charge < -0.3 is 14.6 Å². The summed E-state index contributed by atoms with van der Waals surface area (Å²) >= 11 is 0. The Morgan fingerprint density at radius 2 is 1.85 bits per heavy atom. The number of hydrazone groups is 1. The molecule has 0 bridgehead atoms. The number of aromatic nitrogens is 1. The Morgan fingerprint density at radius 1 is 1.12 bits per heavy atom. The molecule has 2 amide bonds. The van der Waals surface area contributed by atoms with Crippen molar-refractivity contribution in [3.05, 3.63) is 78.1 Å². The maximum absolute atomic E-state index is 12.0. The molecular formula is C20H20N4O2. The lowest BCUT2D eigenvalue weighted by Gasteiger charge is -2.08. The van der Waals surface area contributed by atoms with Crippen molar-refractivity contribution in [2.45, 2.75) is 6.92 Å². The molecule has 1 aromatic heterocycles. The molecule has 3 aromatic rings. The van der Waals surface area contributed by atoms with Crippen LogP contribution in [0.15, 0.2) is 72.0 Å². The number of carbonyl (C=O) groups is 1. The average molecular weight is 348 g/mol. The fraction of sp³-hybridized carbons (Fsp3) is 0.100. The van der Waals surface area contributed by atoms with Gasteiger partial charge in [0.1, 0.15) is 5.75 Å². The van der Waals surface area contributed by atoms with Gasteiger partial charge >= 0.3 is 6.03 Å². The lowest BCUT2D eigenvalue weighted by Crippen LogP contribution is -2.24. The largest absolute Gasteiger partial charge is 0.495 e. The van der Waals surface area contributed by atoms with Crippen molar-refractivity contribution < 1.29 is 9.53 Å². The number of nitrogens with one attached hydrogen (secondary N) is 2. The van der Waals surface area contributed by atoms with Crippen molar-refractivity contribution in [2.75, 3.05) is 12.4 Å². The zero-order valence-electron chi connectivity index (χ0n) is 14.6. The molecule has 132 valence electrons. The Labute approximate surface area is 152 Å². The maximum Gasteiger partial charge on any atom is 0.339 e. The second-order valence-corrected chi connectivity index (χ2v) is 5.64. The summed E-state index contributed by atoms with van der Waals surface area (Å²) in [6, 6.07) is 18.8. The van der Waals surface area contributed by atoms with Crippen LogP contribution < -0.4 is 15.5 Å². The minimum absolute atomic E-state index is 0.440. The summed E-state index contributed by atoms with van der Waals surface area (Å²) in [4.78, 5) is 12.0. The minimum atomic E-state index is -0.440. The van der Waals surface area contributed by atoms with Crippen molar-refractivity contribution in [2.24, 2.45) is 5.10 Å². The van der Waals surface area contributed by atoms with Gasteiger partial charge in [-0.15, -0.1) is 0 Å². The number of amides is 2. The number of hydrogen-bond donors (Lipinski definition) is 2. The van der Waals surface area contributed by atoms with Crippen LogP contribution in [0.5, 0.6) is 5.75 Å². The molecular weight excluding hydrogens is 328 g/mol. The predicted molar refractivity (Wildman–Crippen MR) is 103 cm³/mol. The normalized spacial score (nSPS) is 10.7. The van der Waals surface area contributed by atoms with Crippen LogP contribution in [-0.2, 0) is 0 Å². The predicted octanol–water partition coefficient (Wildman–Crippen LogP) is 3.95. The molecule has 0 aliphatic heterocycles. The van der Waals surface area contributed by atoms with E-state index in [9.17, 15) is 4.79 Å². The van der Waals surface area contributed by atoms with Gasteiger partial charge in [-0.3, -0.25) is 0 Å². The third kappa shape index (κ3) is 4.10. The topological polar surface area (TPSA) is 67.7 Å². The number of anilines is 1. The van der Waals surface area contributed by atoms with Crippen LogP contribution in [-0.4, -0.2) is 23.9 Å². The molecule has 0 aliphatic carbocycles. The minimum Gasteiger partial charge on any atom is -0.495 e. The van der Waals surface area contributed by atoms with E-state index >= 15 is 0 Å². The lowest BCUT2D eigenvalue weighted by molar-refractivity contribution is 0.252. The highest BCUT2D eigenvalue weighted by Crippen LogP contribution is 2.22. The van der Waals surface area contributed by atoms with E-state index < -0.39 is 6.03 Å². The number of urea groups is 1. The monoisotopic (exact) mass is 348 g/mol. The molecule has 0 radical (unpaired) electrons. The van der Waals surface area contributed by atoms with Gasteiger partial charge in [0, 0.05) is 23.1 Å². The fourth-order valence-corrected chi connectivity index (χ4v) is 2.60. The summed E-state index contributed by atoms with van der Waals surface area (Å²) in [5.41, 5.74) is 6.08. The summed E-state index contributed by atoms with van der Waals surface area (Å²) in [6.07, 6.45) is 3.57. The fourth-order valence-electron chi connectivity index (χ4n) is 2.60. The van der Waals surface area contributed by atoms with E-state index in [0.717, 1.165) is 16.9 Å². The zero-order valence-corrected chi connectivity index (χ0v) is 14.6. The number of hydrogen-bond acceptors (Lipinski definition) is 3. The molecule has 2 aromatic carbocycles. The molecule has 1 heterocycles. The molecule has 2 N–H and O–H groups in total. The highest BCUT2D eigenvalue weighted by molar-refractivity contribution is 5.91. The molecule has 26 heavy (non-hydrogen) atoms. The zero-order chi connectivity index (χ0) is 18.4. The van der Waals surface area contributed by atoms with E-state index in [-0.39, 0.29) is 0 Å². The number of methoxy groups -OCH3 is 1. The molecule has 0 atom stereocenters. The van der Waals surface area contributed by atoms with Crippen LogP contribution in [0, 0.1) is 6.92 Å². The molecule has 0 aliphatic rings. The van der Waals surface area contributed by atoms with E-state index in [1.807, 2.05) is 61.7 Å². The molecule has 0 saturated carbocycles. The summed E-state index contributed by atoms with van der Waals surface area (Å²) in [5.74, 6) is 0.585. The first kappa shape index (κ1) is 17.3. The standard InChI is InChI=1S/C20H20N4O2/c1-15-12-16(14-24(15)17-8-4-3-5-9-17)13-21-23-20(25)22-18-10-6-7-11-19(18)26-2/h3-14H,1-2H3,(H2,22,23,25)/b21-13+. The Morgan fingerprint density at radius 3 is 2.62 bits per heavy atom. The van der Waals surface area contributed by atoms with Crippen LogP contribution in [0.3, 0.4) is 0 Å². The molecule has 0 spiro atoms. The number of carbonyl (C=O) groups excluding carboxylic acids is 1. The first-order valence-corrected chi connectivity index (χ1v) is 8.15. The van der Waals surface area contributed by atoms with Gasteiger partial charge in [0.25, 0.3) is 0 Å². The van der Waals surface area contributed by atoms with Gasteiger partial charge in [-0.1, -0.05) is 30.3 Å². The van der Waals surface area contributed by atoms with Crippen LogP contribution in [0.2, 0.25) is 0 Å². The first-order valence-electron chi connectivity index (χ1n) is 8.15. The average Bonchev–Trinajstić information content (AvgIpc) is 3.03. The molecule has 0 unspecified atom stereocenters. The Balaban J connectivity index is 1.63. The van der Waals surface area contributed by atoms with Crippen molar-refractivity contribution in [3.63, 3.8) is 0 Å². The van der Waals surface area contributed by atoms with E-state index in [0.29, 0.717) is 11.4 Å². The molecule has 0 saturated heterocycles. The van der Waals surface area contributed by atoms with Crippen molar-refractivity contribution in [1.29, 1.82) is 0 Å². The van der Waals surface area contributed by atoms with Crippen LogP contribution in [0.25, 0.3) is 5.69 Å². The van der Waals surface area contributed by atoms with Gasteiger partial charge in [-0.25, -0.2) is 10.2 Å². The van der Waals surface area contributed by atoms with Gasteiger partial charge in [-0.05, 0) is 37.3 Å². The van der Waals surface area contributed by atoms with Gasteiger partial charge in [-0.2, -0.15) is 5.10 Å². The van der Waals surface area contributed by atoms with Crippen molar-refractivity contribution in [1.82, 2.24) is 9.99 Å². The molecule has 6 heteroatoms. The van der Waals surface area contributed by atoms with E-state index in [4.69, 9.17) is 4.74 Å². The van der Waals surface area contributed by atoms with E-state index in [2.05, 4.69) is 20.4 Å².